The van der Waals surface area contributed by atoms with Gasteiger partial charge >= 0.3 is 0 Å². The normalized spacial score (nSPS) is 10.6. The minimum Gasteiger partial charge on any atom is -0.493 e. The molecule has 0 spiro atoms. The van der Waals surface area contributed by atoms with Crippen LogP contribution < -0.4 is 10.1 Å². The van der Waals surface area contributed by atoms with E-state index in [1.54, 1.807) is 0 Å². The molecule has 134 valence electrons. The SMILES string of the molecule is CCCOc1cc(C)nc(CCC)c1C(=O)Nc1cccc(C)c1C. The number of carbonyl (C=O) groups is 1. The number of hydrogen-bond donors (Lipinski definition) is 1. The Labute approximate surface area is 150 Å². The number of anilines is 1. The average Bonchev–Trinajstić information content (AvgIpc) is 2.57. The Bertz CT molecular complexity index is 754. The van der Waals surface area contributed by atoms with Gasteiger partial charge in [0.2, 0.25) is 0 Å². The first-order valence-electron chi connectivity index (χ1n) is 8.98. The van der Waals surface area contributed by atoms with Crippen molar-refractivity contribution in [1.82, 2.24) is 4.98 Å². The summed E-state index contributed by atoms with van der Waals surface area (Å²) in [7, 11) is 0. The monoisotopic (exact) mass is 340 g/mol. The lowest BCUT2D eigenvalue weighted by molar-refractivity contribution is 0.102. The molecule has 0 fully saturated rings. The van der Waals surface area contributed by atoms with E-state index in [9.17, 15) is 4.79 Å². The van der Waals surface area contributed by atoms with Gasteiger partial charge in [0.25, 0.3) is 5.91 Å². The highest BCUT2D eigenvalue weighted by Crippen LogP contribution is 2.26. The third-order valence-electron chi connectivity index (χ3n) is 4.21. The number of nitrogens with zero attached hydrogens (tertiary/aromatic N) is 1. The molecule has 0 bridgehead atoms. The second-order valence-corrected chi connectivity index (χ2v) is 6.38. The lowest BCUT2D eigenvalue weighted by Crippen LogP contribution is -2.18. The van der Waals surface area contributed by atoms with E-state index in [0.29, 0.717) is 17.9 Å². The molecule has 0 radical (unpaired) electrons. The summed E-state index contributed by atoms with van der Waals surface area (Å²) in [6, 6.07) is 7.77. The fourth-order valence-electron chi connectivity index (χ4n) is 2.76. The lowest BCUT2D eigenvalue weighted by atomic mass is 10.0. The van der Waals surface area contributed by atoms with Crippen molar-refractivity contribution in [2.75, 3.05) is 11.9 Å². The van der Waals surface area contributed by atoms with Gasteiger partial charge in [0.05, 0.1) is 12.3 Å². The maximum absolute atomic E-state index is 13.0. The number of aryl methyl sites for hydroxylation is 3. The number of amides is 1. The van der Waals surface area contributed by atoms with Crippen LogP contribution in [0.4, 0.5) is 5.69 Å². The predicted octanol–water partition coefficient (Wildman–Crippen LogP) is 5.00. The summed E-state index contributed by atoms with van der Waals surface area (Å²) in [5, 5.41) is 3.04. The summed E-state index contributed by atoms with van der Waals surface area (Å²) in [4.78, 5) is 17.6. The van der Waals surface area contributed by atoms with Crippen LogP contribution in [-0.4, -0.2) is 17.5 Å². The highest BCUT2D eigenvalue weighted by Gasteiger charge is 2.20. The number of aromatic nitrogens is 1. The predicted molar refractivity (Wildman–Crippen MR) is 103 cm³/mol. The highest BCUT2D eigenvalue weighted by atomic mass is 16.5. The largest absolute Gasteiger partial charge is 0.493 e. The molecule has 0 saturated heterocycles. The number of pyridine rings is 1. The molecule has 1 N–H and O–H groups in total. The van der Waals surface area contributed by atoms with Gasteiger partial charge in [-0.2, -0.15) is 0 Å². The van der Waals surface area contributed by atoms with Gasteiger partial charge in [-0.3, -0.25) is 9.78 Å². The van der Waals surface area contributed by atoms with Gasteiger partial charge in [-0.25, -0.2) is 0 Å². The molecule has 0 unspecified atom stereocenters. The Balaban J connectivity index is 2.43. The molecule has 25 heavy (non-hydrogen) atoms. The number of hydrogen-bond acceptors (Lipinski definition) is 3. The first kappa shape index (κ1) is 19.0. The maximum atomic E-state index is 13.0. The third-order valence-corrected chi connectivity index (χ3v) is 4.21. The van der Waals surface area contributed by atoms with Crippen LogP contribution in [0, 0.1) is 20.8 Å². The molecule has 2 rings (SSSR count). The Morgan fingerprint density at radius 3 is 2.60 bits per heavy atom. The summed E-state index contributed by atoms with van der Waals surface area (Å²) in [6.07, 6.45) is 2.57. The zero-order chi connectivity index (χ0) is 18.4. The maximum Gasteiger partial charge on any atom is 0.261 e. The Hall–Kier alpha value is -2.36. The summed E-state index contributed by atoms with van der Waals surface area (Å²) in [6.45, 7) is 10.7. The van der Waals surface area contributed by atoms with E-state index >= 15 is 0 Å². The first-order chi connectivity index (χ1) is 12.0. The lowest BCUT2D eigenvalue weighted by Gasteiger charge is -2.17. The fraction of sp³-hybridized carbons (Fsp3) is 0.429. The third kappa shape index (κ3) is 4.59. The van der Waals surface area contributed by atoms with Gasteiger partial charge in [0.1, 0.15) is 11.3 Å². The molecular weight excluding hydrogens is 312 g/mol. The van der Waals surface area contributed by atoms with Crippen LogP contribution in [0.25, 0.3) is 0 Å². The molecule has 1 aromatic heterocycles. The number of carbonyl (C=O) groups excluding carboxylic acids is 1. The van der Waals surface area contributed by atoms with E-state index < -0.39 is 0 Å². The summed E-state index contributed by atoms with van der Waals surface area (Å²) in [5.41, 5.74) is 5.28. The molecule has 2 aromatic rings. The number of rotatable bonds is 7. The average molecular weight is 340 g/mol. The van der Waals surface area contributed by atoms with Gasteiger partial charge in [0, 0.05) is 17.4 Å². The van der Waals surface area contributed by atoms with E-state index in [1.165, 1.54) is 0 Å². The van der Waals surface area contributed by atoms with Gasteiger partial charge in [0.15, 0.2) is 0 Å². The first-order valence-corrected chi connectivity index (χ1v) is 8.98. The van der Waals surface area contributed by atoms with Crippen molar-refractivity contribution in [2.45, 2.75) is 53.9 Å². The molecular formula is C21H28N2O2. The summed E-state index contributed by atoms with van der Waals surface area (Å²) < 4.78 is 5.87. The van der Waals surface area contributed by atoms with Crippen molar-refractivity contribution in [2.24, 2.45) is 0 Å². The van der Waals surface area contributed by atoms with Crippen LogP contribution in [0.15, 0.2) is 24.3 Å². The molecule has 0 aliphatic heterocycles. The van der Waals surface area contributed by atoms with Crippen LogP contribution in [0.1, 0.15) is 59.6 Å². The Kier molecular flexibility index (Phi) is 6.57. The highest BCUT2D eigenvalue weighted by molar-refractivity contribution is 6.07. The van der Waals surface area contributed by atoms with Crippen molar-refractivity contribution in [3.8, 4) is 5.75 Å². The van der Waals surface area contributed by atoms with Crippen LogP contribution >= 0.6 is 0 Å². The van der Waals surface area contributed by atoms with Crippen molar-refractivity contribution >= 4 is 11.6 Å². The van der Waals surface area contributed by atoms with Gasteiger partial charge in [-0.15, -0.1) is 0 Å². The van der Waals surface area contributed by atoms with Crippen molar-refractivity contribution < 1.29 is 9.53 Å². The quantitative estimate of drug-likeness (QED) is 0.771. The van der Waals surface area contributed by atoms with Crippen molar-refractivity contribution in [3.63, 3.8) is 0 Å². The van der Waals surface area contributed by atoms with E-state index in [-0.39, 0.29) is 5.91 Å². The van der Waals surface area contributed by atoms with Gasteiger partial charge in [-0.1, -0.05) is 32.4 Å². The minimum atomic E-state index is -0.157. The van der Waals surface area contributed by atoms with Crippen molar-refractivity contribution in [3.05, 3.63) is 52.3 Å². The van der Waals surface area contributed by atoms with E-state index in [4.69, 9.17) is 4.74 Å². The molecule has 4 nitrogen and oxygen atoms in total. The molecule has 0 aliphatic carbocycles. The van der Waals surface area contributed by atoms with Crippen LogP contribution in [0.2, 0.25) is 0 Å². The van der Waals surface area contributed by atoms with Gasteiger partial charge < -0.3 is 10.1 Å². The standard InChI is InChI=1S/C21H28N2O2/c1-6-9-18-20(19(25-12-7-2)13-15(4)22-18)21(24)23-17-11-8-10-14(3)16(17)5/h8,10-11,13H,6-7,9,12H2,1-5H3,(H,23,24). The smallest absolute Gasteiger partial charge is 0.261 e. The minimum absolute atomic E-state index is 0.157. The topological polar surface area (TPSA) is 51.2 Å². The fourth-order valence-corrected chi connectivity index (χ4v) is 2.76. The molecule has 4 heteroatoms. The number of ether oxygens (including phenoxy) is 1. The van der Waals surface area contributed by atoms with Crippen LogP contribution in [0.5, 0.6) is 5.75 Å². The second-order valence-electron chi connectivity index (χ2n) is 6.38. The Morgan fingerprint density at radius 1 is 1.16 bits per heavy atom. The van der Waals surface area contributed by atoms with Crippen LogP contribution in [-0.2, 0) is 6.42 Å². The second kappa shape index (κ2) is 8.65. The van der Waals surface area contributed by atoms with E-state index in [1.807, 2.05) is 45.0 Å². The van der Waals surface area contributed by atoms with Crippen molar-refractivity contribution in [1.29, 1.82) is 0 Å². The molecule has 1 aromatic carbocycles. The molecule has 0 aliphatic rings. The van der Waals surface area contributed by atoms with Gasteiger partial charge in [-0.05, 0) is 50.8 Å². The molecule has 1 heterocycles. The summed E-state index contributed by atoms with van der Waals surface area (Å²) in [5.74, 6) is 0.469. The number of nitrogens with one attached hydrogen (secondary N) is 1. The van der Waals surface area contributed by atoms with E-state index in [0.717, 1.165) is 47.5 Å². The molecule has 1 amide bonds. The zero-order valence-electron chi connectivity index (χ0n) is 15.9. The molecule has 0 atom stereocenters. The summed E-state index contributed by atoms with van der Waals surface area (Å²) >= 11 is 0. The van der Waals surface area contributed by atoms with Crippen LogP contribution in [0.3, 0.4) is 0 Å². The Morgan fingerprint density at radius 2 is 1.92 bits per heavy atom. The van der Waals surface area contributed by atoms with E-state index in [2.05, 4.69) is 24.1 Å². The molecule has 0 saturated carbocycles. The zero-order valence-corrected chi connectivity index (χ0v) is 15.9. The number of benzene rings is 1.